The second kappa shape index (κ2) is 4.30. The summed E-state index contributed by atoms with van der Waals surface area (Å²) in [6.07, 6.45) is 3.91. The maximum absolute atomic E-state index is 5.72. The molecule has 2 rings (SSSR count). The first-order valence-corrected chi connectivity index (χ1v) is 5.67. The van der Waals surface area contributed by atoms with Gasteiger partial charge in [0.25, 0.3) is 0 Å². The molecule has 0 bridgehead atoms. The van der Waals surface area contributed by atoms with Crippen LogP contribution < -0.4 is 5.32 Å². The molecule has 2 heterocycles. The normalized spacial score (nSPS) is 32.4. The van der Waals surface area contributed by atoms with Gasteiger partial charge in [0, 0.05) is 13.0 Å². The SMILES string of the molecule is CC(C)C1CC(NC2=NCCC2)CO1. The van der Waals surface area contributed by atoms with Crippen LogP contribution in [0.5, 0.6) is 0 Å². The molecule has 2 unspecified atom stereocenters. The van der Waals surface area contributed by atoms with E-state index < -0.39 is 0 Å². The molecule has 80 valence electrons. The third-order valence-electron chi connectivity index (χ3n) is 3.02. The number of rotatable bonds is 2. The highest BCUT2D eigenvalue weighted by Gasteiger charge is 2.28. The monoisotopic (exact) mass is 196 g/mol. The first kappa shape index (κ1) is 9.97. The molecule has 2 aliphatic rings. The number of nitrogens with one attached hydrogen (secondary N) is 1. The van der Waals surface area contributed by atoms with Crippen LogP contribution >= 0.6 is 0 Å². The van der Waals surface area contributed by atoms with E-state index in [0.717, 1.165) is 26.0 Å². The van der Waals surface area contributed by atoms with E-state index in [0.29, 0.717) is 18.1 Å². The van der Waals surface area contributed by atoms with Crippen LogP contribution in [0, 0.1) is 5.92 Å². The van der Waals surface area contributed by atoms with Crippen molar-refractivity contribution in [3.8, 4) is 0 Å². The van der Waals surface area contributed by atoms with Crippen molar-refractivity contribution in [3.63, 3.8) is 0 Å². The van der Waals surface area contributed by atoms with Crippen LogP contribution in [-0.2, 0) is 4.74 Å². The number of amidine groups is 1. The molecule has 14 heavy (non-hydrogen) atoms. The maximum Gasteiger partial charge on any atom is 0.0966 e. The van der Waals surface area contributed by atoms with Crippen LogP contribution in [0.25, 0.3) is 0 Å². The van der Waals surface area contributed by atoms with Crippen molar-refractivity contribution in [3.05, 3.63) is 0 Å². The molecule has 1 saturated heterocycles. The Balaban J connectivity index is 1.78. The average Bonchev–Trinajstić information content (AvgIpc) is 2.75. The number of hydrogen-bond acceptors (Lipinski definition) is 3. The van der Waals surface area contributed by atoms with Crippen LogP contribution in [-0.4, -0.2) is 31.1 Å². The van der Waals surface area contributed by atoms with Gasteiger partial charge in [-0.1, -0.05) is 13.8 Å². The smallest absolute Gasteiger partial charge is 0.0966 e. The quantitative estimate of drug-likeness (QED) is 0.727. The molecular weight excluding hydrogens is 176 g/mol. The van der Waals surface area contributed by atoms with Gasteiger partial charge in [-0.15, -0.1) is 0 Å². The van der Waals surface area contributed by atoms with Gasteiger partial charge in [-0.25, -0.2) is 0 Å². The van der Waals surface area contributed by atoms with E-state index in [1.807, 2.05) is 0 Å². The number of aliphatic imine (C=N–C) groups is 1. The number of nitrogens with zero attached hydrogens (tertiary/aromatic N) is 1. The summed E-state index contributed by atoms with van der Waals surface area (Å²) in [5.41, 5.74) is 0. The Kier molecular flexibility index (Phi) is 3.06. The summed E-state index contributed by atoms with van der Waals surface area (Å²) in [4.78, 5) is 4.42. The highest BCUT2D eigenvalue weighted by Crippen LogP contribution is 2.20. The minimum atomic E-state index is 0.439. The van der Waals surface area contributed by atoms with Gasteiger partial charge in [0.2, 0.25) is 0 Å². The molecule has 2 atom stereocenters. The molecule has 0 aromatic rings. The first-order chi connectivity index (χ1) is 6.75. The molecule has 1 N–H and O–H groups in total. The Morgan fingerprint density at radius 2 is 2.36 bits per heavy atom. The maximum atomic E-state index is 5.72. The summed E-state index contributed by atoms with van der Waals surface area (Å²) in [5, 5.41) is 3.49. The molecule has 0 aliphatic carbocycles. The van der Waals surface area contributed by atoms with Crippen LogP contribution in [0.3, 0.4) is 0 Å². The fraction of sp³-hybridized carbons (Fsp3) is 0.909. The van der Waals surface area contributed by atoms with Gasteiger partial charge in [0.15, 0.2) is 0 Å². The lowest BCUT2D eigenvalue weighted by molar-refractivity contribution is 0.0746. The Hall–Kier alpha value is -0.570. The van der Waals surface area contributed by atoms with E-state index in [4.69, 9.17) is 4.74 Å². The molecular formula is C11H20N2O. The standard InChI is InChI=1S/C11H20N2O/c1-8(2)10-6-9(7-14-10)13-11-4-3-5-12-11/h8-10H,3-7H2,1-2H3,(H,12,13). The van der Waals surface area contributed by atoms with Crippen molar-refractivity contribution in [1.29, 1.82) is 0 Å². The van der Waals surface area contributed by atoms with Crippen molar-refractivity contribution < 1.29 is 4.74 Å². The second-order valence-electron chi connectivity index (χ2n) is 4.62. The van der Waals surface area contributed by atoms with Crippen LogP contribution in [0.4, 0.5) is 0 Å². The molecule has 0 aromatic carbocycles. The second-order valence-corrected chi connectivity index (χ2v) is 4.62. The molecule has 2 aliphatic heterocycles. The molecule has 3 heteroatoms. The minimum absolute atomic E-state index is 0.439. The lowest BCUT2D eigenvalue weighted by Crippen LogP contribution is -2.34. The van der Waals surface area contributed by atoms with Gasteiger partial charge in [-0.2, -0.15) is 0 Å². The predicted octanol–water partition coefficient (Wildman–Crippen LogP) is 1.58. The summed E-state index contributed by atoms with van der Waals surface area (Å²) >= 11 is 0. The Labute approximate surface area is 85.9 Å². The summed E-state index contributed by atoms with van der Waals surface area (Å²) in [6.45, 7) is 6.30. The van der Waals surface area contributed by atoms with E-state index >= 15 is 0 Å². The van der Waals surface area contributed by atoms with Gasteiger partial charge in [0.05, 0.1) is 24.6 Å². The zero-order chi connectivity index (χ0) is 9.97. The third-order valence-corrected chi connectivity index (χ3v) is 3.02. The van der Waals surface area contributed by atoms with E-state index in [1.165, 1.54) is 12.3 Å². The predicted molar refractivity (Wildman–Crippen MR) is 57.7 cm³/mol. The molecule has 0 radical (unpaired) electrons. The van der Waals surface area contributed by atoms with E-state index in [1.54, 1.807) is 0 Å². The fourth-order valence-corrected chi connectivity index (χ4v) is 2.11. The lowest BCUT2D eigenvalue weighted by Gasteiger charge is -2.14. The van der Waals surface area contributed by atoms with Crippen LogP contribution in [0.1, 0.15) is 33.1 Å². The Morgan fingerprint density at radius 1 is 1.50 bits per heavy atom. The largest absolute Gasteiger partial charge is 0.376 e. The molecule has 0 aromatic heterocycles. The molecule has 0 spiro atoms. The number of ether oxygens (including phenoxy) is 1. The van der Waals surface area contributed by atoms with Gasteiger partial charge >= 0.3 is 0 Å². The third kappa shape index (κ3) is 2.27. The van der Waals surface area contributed by atoms with Gasteiger partial charge < -0.3 is 10.1 Å². The molecule has 0 amide bonds. The zero-order valence-corrected chi connectivity index (χ0v) is 9.12. The lowest BCUT2D eigenvalue weighted by atomic mass is 10.0. The fourth-order valence-electron chi connectivity index (χ4n) is 2.11. The van der Waals surface area contributed by atoms with Crippen molar-refractivity contribution >= 4 is 5.84 Å². The highest BCUT2D eigenvalue weighted by molar-refractivity contribution is 5.83. The Morgan fingerprint density at radius 3 is 2.93 bits per heavy atom. The van der Waals surface area contributed by atoms with Crippen LogP contribution in [0.15, 0.2) is 4.99 Å². The highest BCUT2D eigenvalue weighted by atomic mass is 16.5. The first-order valence-electron chi connectivity index (χ1n) is 5.67. The topological polar surface area (TPSA) is 33.6 Å². The minimum Gasteiger partial charge on any atom is -0.376 e. The van der Waals surface area contributed by atoms with Crippen molar-refractivity contribution in [2.45, 2.75) is 45.3 Å². The average molecular weight is 196 g/mol. The zero-order valence-electron chi connectivity index (χ0n) is 9.12. The summed E-state index contributed by atoms with van der Waals surface area (Å²) in [6, 6.07) is 0.499. The Bertz CT molecular complexity index is 225. The van der Waals surface area contributed by atoms with E-state index in [9.17, 15) is 0 Å². The van der Waals surface area contributed by atoms with Gasteiger partial charge in [0.1, 0.15) is 0 Å². The number of hydrogen-bond donors (Lipinski definition) is 1. The van der Waals surface area contributed by atoms with Crippen molar-refractivity contribution in [2.75, 3.05) is 13.2 Å². The molecule has 0 saturated carbocycles. The molecule has 1 fully saturated rings. The van der Waals surface area contributed by atoms with Gasteiger partial charge in [-0.05, 0) is 18.8 Å². The van der Waals surface area contributed by atoms with Crippen molar-refractivity contribution in [2.24, 2.45) is 10.9 Å². The van der Waals surface area contributed by atoms with E-state index in [2.05, 4.69) is 24.2 Å². The van der Waals surface area contributed by atoms with Gasteiger partial charge in [-0.3, -0.25) is 4.99 Å². The van der Waals surface area contributed by atoms with Crippen LogP contribution in [0.2, 0.25) is 0 Å². The van der Waals surface area contributed by atoms with E-state index in [-0.39, 0.29) is 0 Å². The van der Waals surface area contributed by atoms with Crippen molar-refractivity contribution in [1.82, 2.24) is 5.32 Å². The summed E-state index contributed by atoms with van der Waals surface area (Å²) < 4.78 is 5.72. The summed E-state index contributed by atoms with van der Waals surface area (Å²) in [7, 11) is 0. The molecule has 3 nitrogen and oxygen atoms in total. The summed E-state index contributed by atoms with van der Waals surface area (Å²) in [5.74, 6) is 1.83.